The minimum absolute atomic E-state index is 0.103. The van der Waals surface area contributed by atoms with Crippen molar-refractivity contribution < 1.29 is 4.79 Å². The summed E-state index contributed by atoms with van der Waals surface area (Å²) >= 11 is 0. The number of anilines is 1. The summed E-state index contributed by atoms with van der Waals surface area (Å²) in [5, 5.41) is 6.22. The third kappa shape index (κ3) is 1.31. The lowest BCUT2D eigenvalue weighted by Gasteiger charge is -2.23. The number of allylic oxidation sites excluding steroid dienone is 1. The van der Waals surface area contributed by atoms with Gasteiger partial charge in [0, 0.05) is 17.8 Å². The van der Waals surface area contributed by atoms with E-state index in [4.69, 9.17) is 5.73 Å². The minimum atomic E-state index is -0.435. The molecule has 0 fully saturated rings. The zero-order valence-corrected chi connectivity index (χ0v) is 10.5. The fourth-order valence-corrected chi connectivity index (χ4v) is 3.43. The van der Waals surface area contributed by atoms with E-state index in [1.54, 1.807) is 0 Å². The van der Waals surface area contributed by atoms with Crippen LogP contribution in [0, 0.1) is 5.41 Å². The lowest BCUT2D eigenvalue weighted by molar-refractivity contribution is -0.126. The predicted molar refractivity (Wildman–Crippen MR) is 73.0 cm³/mol. The number of nitrogen functional groups attached to an aromatic ring is 1. The van der Waals surface area contributed by atoms with E-state index in [0.717, 1.165) is 36.5 Å². The lowest BCUT2D eigenvalue weighted by Crippen LogP contribution is -2.35. The van der Waals surface area contributed by atoms with Gasteiger partial charge in [-0.25, -0.2) is 0 Å². The van der Waals surface area contributed by atoms with Crippen molar-refractivity contribution in [2.75, 3.05) is 12.3 Å². The van der Waals surface area contributed by atoms with Crippen molar-refractivity contribution >= 4 is 11.6 Å². The van der Waals surface area contributed by atoms with E-state index >= 15 is 0 Å². The maximum absolute atomic E-state index is 12.5. The Bertz CT molecular complexity index is 659. The Morgan fingerprint density at radius 3 is 2.95 bits per heavy atom. The van der Waals surface area contributed by atoms with Crippen molar-refractivity contribution in [1.29, 1.82) is 0 Å². The van der Waals surface area contributed by atoms with E-state index < -0.39 is 5.41 Å². The third-order valence-electron chi connectivity index (χ3n) is 4.35. The summed E-state index contributed by atoms with van der Waals surface area (Å²) in [4.78, 5) is 12.5. The van der Waals surface area contributed by atoms with E-state index in [9.17, 15) is 4.79 Å². The first-order valence-electron chi connectivity index (χ1n) is 6.53. The molecule has 0 bridgehead atoms. The maximum atomic E-state index is 12.5. The number of carbonyl (C=O) groups excluding carboxylic acids is 1. The first-order chi connectivity index (χ1) is 9.19. The molecule has 4 heteroatoms. The first kappa shape index (κ1) is 10.7. The van der Waals surface area contributed by atoms with Crippen LogP contribution in [0.4, 0.5) is 5.69 Å². The van der Waals surface area contributed by atoms with Crippen LogP contribution >= 0.6 is 0 Å². The molecule has 1 aliphatic carbocycles. The highest BCUT2D eigenvalue weighted by molar-refractivity contribution is 5.93. The highest BCUT2D eigenvalue weighted by Gasteiger charge is 2.51. The number of amides is 1. The van der Waals surface area contributed by atoms with Gasteiger partial charge in [-0.05, 0) is 36.1 Å². The Morgan fingerprint density at radius 1 is 1.21 bits per heavy atom. The maximum Gasteiger partial charge on any atom is 0.236 e. The SMILES string of the molecule is Nc1ccc2c(c1)C[C@@]1(C2)C(=O)NC2=C1C=CCN2. The molecule has 4 nitrogen and oxygen atoms in total. The first-order valence-corrected chi connectivity index (χ1v) is 6.53. The summed E-state index contributed by atoms with van der Waals surface area (Å²) in [7, 11) is 0. The van der Waals surface area contributed by atoms with Crippen molar-refractivity contribution in [2.24, 2.45) is 5.41 Å². The van der Waals surface area contributed by atoms with Gasteiger partial charge in [0.25, 0.3) is 0 Å². The van der Waals surface area contributed by atoms with Gasteiger partial charge in [0.2, 0.25) is 5.91 Å². The average Bonchev–Trinajstić information content (AvgIpc) is 2.90. The fourth-order valence-electron chi connectivity index (χ4n) is 3.43. The largest absolute Gasteiger partial charge is 0.399 e. The number of fused-ring (bicyclic) bond motifs is 2. The molecule has 1 aromatic rings. The van der Waals surface area contributed by atoms with Gasteiger partial charge in [-0.15, -0.1) is 0 Å². The topological polar surface area (TPSA) is 67.2 Å². The molecule has 0 saturated heterocycles. The molecule has 19 heavy (non-hydrogen) atoms. The molecule has 0 unspecified atom stereocenters. The third-order valence-corrected chi connectivity index (χ3v) is 4.35. The van der Waals surface area contributed by atoms with Gasteiger partial charge >= 0.3 is 0 Å². The van der Waals surface area contributed by atoms with Crippen LogP contribution in [0.3, 0.4) is 0 Å². The van der Waals surface area contributed by atoms with Crippen LogP contribution in [0.15, 0.2) is 41.7 Å². The number of nitrogens with one attached hydrogen (secondary N) is 2. The number of benzene rings is 1. The van der Waals surface area contributed by atoms with Crippen LogP contribution in [-0.2, 0) is 17.6 Å². The molecule has 4 rings (SSSR count). The van der Waals surface area contributed by atoms with Crippen LogP contribution in [0.5, 0.6) is 0 Å². The predicted octanol–water partition coefficient (Wildman–Crippen LogP) is 0.855. The smallest absolute Gasteiger partial charge is 0.236 e. The second-order valence-electron chi connectivity index (χ2n) is 5.49. The Kier molecular flexibility index (Phi) is 1.91. The summed E-state index contributed by atoms with van der Waals surface area (Å²) < 4.78 is 0. The van der Waals surface area contributed by atoms with Crippen molar-refractivity contribution in [1.82, 2.24) is 10.6 Å². The Hall–Kier alpha value is -2.23. The van der Waals surface area contributed by atoms with Crippen molar-refractivity contribution in [3.63, 3.8) is 0 Å². The molecule has 0 radical (unpaired) electrons. The van der Waals surface area contributed by atoms with Gasteiger partial charge in [0.05, 0.1) is 5.41 Å². The molecule has 4 N–H and O–H groups in total. The Labute approximate surface area is 111 Å². The van der Waals surface area contributed by atoms with Crippen LogP contribution in [0.2, 0.25) is 0 Å². The second-order valence-corrected chi connectivity index (χ2v) is 5.49. The fraction of sp³-hybridized carbons (Fsp3) is 0.267. The Morgan fingerprint density at radius 2 is 2.05 bits per heavy atom. The molecule has 96 valence electrons. The summed E-state index contributed by atoms with van der Waals surface area (Å²) in [6.45, 7) is 0.773. The van der Waals surface area contributed by atoms with Gasteiger partial charge in [-0.1, -0.05) is 18.2 Å². The van der Waals surface area contributed by atoms with Crippen molar-refractivity contribution in [3.05, 3.63) is 52.9 Å². The molecular weight excluding hydrogens is 238 g/mol. The van der Waals surface area contributed by atoms with Crippen molar-refractivity contribution in [2.45, 2.75) is 12.8 Å². The second kappa shape index (κ2) is 3.41. The van der Waals surface area contributed by atoms with Gasteiger partial charge in [-0.3, -0.25) is 4.79 Å². The standard InChI is InChI=1S/C15H15N3O/c16-11-4-3-9-7-15(8-10(9)6-11)12-2-1-5-17-13(12)18-14(15)19/h1-4,6,17H,5,7-8,16H2,(H,18,19)/t15-/m1/s1. The van der Waals surface area contributed by atoms with Crippen LogP contribution in [0.1, 0.15) is 11.1 Å². The number of nitrogens with two attached hydrogens (primary N) is 1. The molecule has 2 heterocycles. The van der Waals surface area contributed by atoms with Crippen LogP contribution < -0.4 is 16.4 Å². The molecule has 1 spiro atoms. The molecule has 1 aromatic carbocycles. The highest BCUT2D eigenvalue weighted by Crippen LogP contribution is 2.47. The summed E-state index contributed by atoms with van der Waals surface area (Å²) in [5.74, 6) is 0.986. The molecule has 0 aromatic heterocycles. The summed E-state index contributed by atoms with van der Waals surface area (Å²) in [6, 6.07) is 5.95. The zero-order chi connectivity index (χ0) is 13.0. The summed E-state index contributed by atoms with van der Waals surface area (Å²) in [5.41, 5.74) is 9.70. The van der Waals surface area contributed by atoms with Crippen LogP contribution in [0.25, 0.3) is 0 Å². The van der Waals surface area contributed by atoms with Crippen LogP contribution in [-0.4, -0.2) is 12.5 Å². The number of rotatable bonds is 0. The average molecular weight is 253 g/mol. The monoisotopic (exact) mass is 253 g/mol. The number of hydrogen-bond donors (Lipinski definition) is 3. The van der Waals surface area contributed by atoms with Gasteiger partial charge < -0.3 is 16.4 Å². The van der Waals surface area contributed by atoms with E-state index in [2.05, 4.69) is 22.8 Å². The molecule has 2 aliphatic heterocycles. The number of dihydropyridines is 1. The van der Waals surface area contributed by atoms with Gasteiger partial charge in [0.15, 0.2) is 0 Å². The van der Waals surface area contributed by atoms with E-state index in [-0.39, 0.29) is 5.91 Å². The lowest BCUT2D eigenvalue weighted by atomic mass is 9.78. The minimum Gasteiger partial charge on any atom is -0.399 e. The van der Waals surface area contributed by atoms with E-state index in [0.29, 0.717) is 0 Å². The van der Waals surface area contributed by atoms with E-state index in [1.807, 2.05) is 18.2 Å². The molecule has 3 aliphatic rings. The van der Waals surface area contributed by atoms with E-state index in [1.165, 1.54) is 11.1 Å². The molecule has 0 saturated carbocycles. The zero-order valence-electron chi connectivity index (χ0n) is 10.5. The van der Waals surface area contributed by atoms with Crippen molar-refractivity contribution in [3.8, 4) is 0 Å². The number of hydrogen-bond acceptors (Lipinski definition) is 3. The molecule has 1 amide bonds. The van der Waals surface area contributed by atoms with Gasteiger partial charge in [-0.2, -0.15) is 0 Å². The number of carbonyl (C=O) groups is 1. The Balaban J connectivity index is 1.83. The molecular formula is C15H15N3O. The summed E-state index contributed by atoms with van der Waals surface area (Å²) in [6.07, 6.45) is 5.65. The quantitative estimate of drug-likeness (QED) is 0.601. The highest BCUT2D eigenvalue weighted by atomic mass is 16.2. The normalized spacial score (nSPS) is 27.3. The molecule has 1 atom stereocenters. The van der Waals surface area contributed by atoms with Gasteiger partial charge in [0.1, 0.15) is 5.82 Å².